The molecule has 116 valence electrons. The molecule has 4 heteroatoms. The van der Waals surface area contributed by atoms with E-state index in [-0.39, 0.29) is 11.9 Å². The molecule has 1 amide bonds. The maximum absolute atomic E-state index is 12.1. The monoisotopic (exact) mass is 290 g/mol. The number of nitrogens with zero attached hydrogens (tertiary/aromatic N) is 1. The van der Waals surface area contributed by atoms with Crippen LogP contribution in [0.4, 0.5) is 0 Å². The van der Waals surface area contributed by atoms with Crippen LogP contribution in [-0.2, 0) is 4.79 Å². The summed E-state index contributed by atoms with van der Waals surface area (Å²) in [5.74, 6) is 1.67. The summed E-state index contributed by atoms with van der Waals surface area (Å²) in [6.45, 7) is 4.35. The summed E-state index contributed by atoms with van der Waals surface area (Å²) in [7, 11) is 0. The van der Waals surface area contributed by atoms with Crippen LogP contribution in [0, 0.1) is 5.92 Å². The number of rotatable bonds is 6. The summed E-state index contributed by atoms with van der Waals surface area (Å²) in [6, 6.07) is 9.96. The highest BCUT2D eigenvalue weighted by Gasteiger charge is 2.24. The number of para-hydroxylation sites is 1. The van der Waals surface area contributed by atoms with E-state index in [9.17, 15) is 4.79 Å². The Morgan fingerprint density at radius 3 is 2.62 bits per heavy atom. The standard InChI is InChI=1S/C17H26N2O2/c1-14(18)15-9-11-19(12-10-15)17(20)8-5-13-21-16-6-3-2-4-7-16/h2-4,6-7,14-15H,5,8-13,18H2,1H3. The Hall–Kier alpha value is -1.55. The Labute approximate surface area is 127 Å². The zero-order valence-corrected chi connectivity index (χ0v) is 12.8. The van der Waals surface area contributed by atoms with Crippen molar-refractivity contribution in [2.45, 2.75) is 38.6 Å². The molecule has 1 atom stereocenters. The average molecular weight is 290 g/mol. The summed E-state index contributed by atoms with van der Waals surface area (Å²) in [5, 5.41) is 0. The second kappa shape index (κ2) is 8.03. The van der Waals surface area contributed by atoms with E-state index in [0.717, 1.165) is 38.1 Å². The SMILES string of the molecule is CC(N)C1CCN(C(=O)CCCOc2ccccc2)CC1. The van der Waals surface area contributed by atoms with Gasteiger partial charge >= 0.3 is 0 Å². The lowest BCUT2D eigenvalue weighted by molar-refractivity contribution is -0.132. The number of likely N-dealkylation sites (tertiary alicyclic amines) is 1. The normalized spacial score (nSPS) is 17.5. The quantitative estimate of drug-likeness (QED) is 0.819. The van der Waals surface area contributed by atoms with Crippen molar-refractivity contribution >= 4 is 5.91 Å². The first-order chi connectivity index (χ1) is 10.2. The summed E-state index contributed by atoms with van der Waals surface area (Å²) in [4.78, 5) is 14.1. The number of amides is 1. The van der Waals surface area contributed by atoms with Gasteiger partial charge in [0.25, 0.3) is 0 Å². The Balaban J connectivity index is 1.62. The molecule has 0 aromatic heterocycles. The highest BCUT2D eigenvalue weighted by Crippen LogP contribution is 2.20. The molecule has 1 saturated heterocycles. The molecule has 0 spiro atoms. The smallest absolute Gasteiger partial charge is 0.222 e. The predicted octanol–water partition coefficient (Wildman–Crippen LogP) is 2.43. The number of piperidine rings is 1. The molecule has 1 fully saturated rings. The third-order valence-corrected chi connectivity index (χ3v) is 4.18. The molecule has 0 saturated carbocycles. The molecule has 1 aromatic carbocycles. The van der Waals surface area contributed by atoms with Crippen LogP contribution in [0.2, 0.25) is 0 Å². The van der Waals surface area contributed by atoms with E-state index in [1.165, 1.54) is 0 Å². The van der Waals surface area contributed by atoms with Gasteiger partial charge in [0.05, 0.1) is 6.61 Å². The summed E-state index contributed by atoms with van der Waals surface area (Å²) >= 11 is 0. The molecular weight excluding hydrogens is 264 g/mol. The lowest BCUT2D eigenvalue weighted by Crippen LogP contribution is -2.42. The Kier molecular flexibility index (Phi) is 6.05. The highest BCUT2D eigenvalue weighted by atomic mass is 16.5. The second-order valence-electron chi connectivity index (χ2n) is 5.84. The summed E-state index contributed by atoms with van der Waals surface area (Å²) in [5.41, 5.74) is 5.92. The van der Waals surface area contributed by atoms with E-state index in [0.29, 0.717) is 18.9 Å². The molecule has 0 aliphatic carbocycles. The van der Waals surface area contributed by atoms with Crippen LogP contribution in [-0.4, -0.2) is 36.5 Å². The van der Waals surface area contributed by atoms with Gasteiger partial charge in [-0.2, -0.15) is 0 Å². The second-order valence-corrected chi connectivity index (χ2v) is 5.84. The molecule has 0 bridgehead atoms. The minimum atomic E-state index is 0.238. The lowest BCUT2D eigenvalue weighted by Gasteiger charge is -2.33. The fourth-order valence-corrected chi connectivity index (χ4v) is 2.76. The molecule has 2 rings (SSSR count). The van der Waals surface area contributed by atoms with Crippen molar-refractivity contribution in [3.05, 3.63) is 30.3 Å². The van der Waals surface area contributed by atoms with Crippen molar-refractivity contribution in [3.8, 4) is 5.75 Å². The van der Waals surface area contributed by atoms with Crippen LogP contribution in [0.3, 0.4) is 0 Å². The number of carbonyl (C=O) groups excluding carboxylic acids is 1. The van der Waals surface area contributed by atoms with Gasteiger partial charge in [0.2, 0.25) is 5.91 Å². The van der Waals surface area contributed by atoms with Crippen molar-refractivity contribution in [3.63, 3.8) is 0 Å². The fourth-order valence-electron chi connectivity index (χ4n) is 2.76. The predicted molar refractivity (Wildman–Crippen MR) is 84.1 cm³/mol. The minimum absolute atomic E-state index is 0.238. The van der Waals surface area contributed by atoms with Crippen molar-refractivity contribution < 1.29 is 9.53 Å². The van der Waals surface area contributed by atoms with Gasteiger partial charge in [-0.25, -0.2) is 0 Å². The Morgan fingerprint density at radius 1 is 1.33 bits per heavy atom. The number of benzene rings is 1. The van der Waals surface area contributed by atoms with Crippen LogP contribution >= 0.6 is 0 Å². The largest absolute Gasteiger partial charge is 0.494 e. The van der Waals surface area contributed by atoms with Gasteiger partial charge in [-0.05, 0) is 44.2 Å². The summed E-state index contributed by atoms with van der Waals surface area (Å²) < 4.78 is 5.60. The van der Waals surface area contributed by atoms with E-state index in [4.69, 9.17) is 10.5 Å². The van der Waals surface area contributed by atoms with Gasteiger partial charge in [0.1, 0.15) is 5.75 Å². The van der Waals surface area contributed by atoms with Gasteiger partial charge in [0, 0.05) is 25.6 Å². The van der Waals surface area contributed by atoms with E-state index in [1.54, 1.807) is 0 Å². The first-order valence-electron chi connectivity index (χ1n) is 7.88. The van der Waals surface area contributed by atoms with Crippen LogP contribution in [0.5, 0.6) is 5.75 Å². The third-order valence-electron chi connectivity index (χ3n) is 4.18. The van der Waals surface area contributed by atoms with Crippen molar-refractivity contribution in [2.24, 2.45) is 11.7 Å². The van der Waals surface area contributed by atoms with Crippen LogP contribution in [0.25, 0.3) is 0 Å². The Morgan fingerprint density at radius 2 is 2.00 bits per heavy atom. The molecule has 1 aromatic rings. The van der Waals surface area contributed by atoms with E-state index in [2.05, 4.69) is 6.92 Å². The average Bonchev–Trinajstić information content (AvgIpc) is 2.52. The maximum atomic E-state index is 12.1. The van der Waals surface area contributed by atoms with Gasteiger partial charge in [0.15, 0.2) is 0 Å². The fraction of sp³-hybridized carbons (Fsp3) is 0.588. The first-order valence-corrected chi connectivity index (χ1v) is 7.88. The molecule has 1 aliphatic rings. The minimum Gasteiger partial charge on any atom is -0.494 e. The zero-order valence-electron chi connectivity index (χ0n) is 12.8. The number of ether oxygens (including phenoxy) is 1. The number of nitrogens with two attached hydrogens (primary N) is 1. The van der Waals surface area contributed by atoms with E-state index >= 15 is 0 Å². The number of carbonyl (C=O) groups is 1. The van der Waals surface area contributed by atoms with Gasteiger partial charge in [-0.3, -0.25) is 4.79 Å². The molecule has 1 heterocycles. The molecule has 2 N–H and O–H groups in total. The van der Waals surface area contributed by atoms with Gasteiger partial charge in [-0.1, -0.05) is 18.2 Å². The maximum Gasteiger partial charge on any atom is 0.222 e. The van der Waals surface area contributed by atoms with Crippen LogP contribution in [0.15, 0.2) is 30.3 Å². The third kappa shape index (κ3) is 5.05. The van der Waals surface area contributed by atoms with Gasteiger partial charge < -0.3 is 15.4 Å². The topological polar surface area (TPSA) is 55.6 Å². The molecule has 21 heavy (non-hydrogen) atoms. The Bertz CT molecular complexity index is 426. The first kappa shape index (κ1) is 15.8. The van der Waals surface area contributed by atoms with Crippen molar-refractivity contribution in [1.29, 1.82) is 0 Å². The van der Waals surface area contributed by atoms with E-state index < -0.39 is 0 Å². The zero-order chi connectivity index (χ0) is 15.1. The van der Waals surface area contributed by atoms with Crippen molar-refractivity contribution in [1.82, 2.24) is 4.90 Å². The molecule has 1 aliphatic heterocycles. The molecular formula is C17H26N2O2. The van der Waals surface area contributed by atoms with Crippen molar-refractivity contribution in [2.75, 3.05) is 19.7 Å². The van der Waals surface area contributed by atoms with Crippen LogP contribution in [0.1, 0.15) is 32.6 Å². The lowest BCUT2D eigenvalue weighted by atomic mass is 9.91. The van der Waals surface area contributed by atoms with E-state index in [1.807, 2.05) is 35.2 Å². The molecule has 0 radical (unpaired) electrons. The number of hydrogen-bond donors (Lipinski definition) is 1. The number of hydrogen-bond acceptors (Lipinski definition) is 3. The van der Waals surface area contributed by atoms with Gasteiger partial charge in [-0.15, -0.1) is 0 Å². The molecule has 1 unspecified atom stereocenters. The van der Waals surface area contributed by atoms with Crippen LogP contribution < -0.4 is 10.5 Å². The summed E-state index contributed by atoms with van der Waals surface area (Å²) in [6.07, 6.45) is 3.39. The highest BCUT2D eigenvalue weighted by molar-refractivity contribution is 5.76. The molecule has 4 nitrogen and oxygen atoms in total.